The summed E-state index contributed by atoms with van der Waals surface area (Å²) in [4.78, 5) is 13.7. The van der Waals surface area contributed by atoms with Gasteiger partial charge in [0.05, 0.1) is 0 Å². The first kappa shape index (κ1) is 22.4. The van der Waals surface area contributed by atoms with E-state index in [4.69, 9.17) is 0 Å². The fourth-order valence-electron chi connectivity index (χ4n) is 4.24. The monoisotopic (exact) mass is 415 g/mol. The molecular formula is C27H33N3O. The molecule has 4 nitrogen and oxygen atoms in total. The van der Waals surface area contributed by atoms with E-state index in [1.165, 1.54) is 11.1 Å². The third-order valence-electron chi connectivity index (χ3n) is 6.15. The minimum Gasteiger partial charge on any atom is -0.382 e. The molecule has 2 aromatic rings. The van der Waals surface area contributed by atoms with Crippen molar-refractivity contribution in [2.24, 2.45) is 0 Å². The Hall–Kier alpha value is -3.27. The lowest BCUT2D eigenvalue weighted by atomic mass is 10.0. The Morgan fingerprint density at radius 3 is 2.45 bits per heavy atom. The number of nitrogens with one attached hydrogen (secondary N) is 2. The molecule has 1 unspecified atom stereocenters. The van der Waals surface area contributed by atoms with Gasteiger partial charge in [-0.1, -0.05) is 55.6 Å². The summed E-state index contributed by atoms with van der Waals surface area (Å²) >= 11 is 0. The highest BCUT2D eigenvalue weighted by molar-refractivity contribution is 5.76. The van der Waals surface area contributed by atoms with Gasteiger partial charge in [-0.25, -0.2) is 0 Å². The van der Waals surface area contributed by atoms with E-state index in [0.29, 0.717) is 18.9 Å². The van der Waals surface area contributed by atoms with Gasteiger partial charge in [-0.3, -0.25) is 4.79 Å². The molecule has 3 rings (SSSR count). The molecule has 0 radical (unpaired) electrons. The van der Waals surface area contributed by atoms with Crippen LogP contribution in [0, 0.1) is 0 Å². The van der Waals surface area contributed by atoms with Crippen LogP contribution in [0.1, 0.15) is 35.1 Å². The van der Waals surface area contributed by atoms with E-state index in [-0.39, 0.29) is 11.9 Å². The van der Waals surface area contributed by atoms with Crippen LogP contribution >= 0.6 is 0 Å². The van der Waals surface area contributed by atoms with Gasteiger partial charge in [0, 0.05) is 49.5 Å². The maximum atomic E-state index is 11.6. The van der Waals surface area contributed by atoms with Gasteiger partial charge in [0.2, 0.25) is 5.91 Å². The topological polar surface area (TPSA) is 44.4 Å². The van der Waals surface area contributed by atoms with Crippen molar-refractivity contribution in [3.8, 4) is 0 Å². The van der Waals surface area contributed by atoms with Gasteiger partial charge < -0.3 is 15.5 Å². The average molecular weight is 416 g/mol. The highest BCUT2D eigenvalue weighted by atomic mass is 16.1. The van der Waals surface area contributed by atoms with Crippen LogP contribution in [-0.4, -0.2) is 37.0 Å². The highest BCUT2D eigenvalue weighted by Gasteiger charge is 2.21. The maximum Gasteiger partial charge on any atom is 0.219 e. The van der Waals surface area contributed by atoms with Crippen molar-refractivity contribution in [2.45, 2.75) is 37.8 Å². The molecule has 1 atom stereocenters. The van der Waals surface area contributed by atoms with Gasteiger partial charge in [-0.2, -0.15) is 0 Å². The third-order valence-corrected chi connectivity index (χ3v) is 6.15. The number of carbonyl (C=O) groups excluding carboxylic acids is 1. The summed E-state index contributed by atoms with van der Waals surface area (Å²) in [7, 11) is 3.65. The first-order chi connectivity index (χ1) is 15.0. The molecule has 162 valence electrons. The molecule has 0 saturated heterocycles. The van der Waals surface area contributed by atoms with Gasteiger partial charge in [-0.15, -0.1) is 6.58 Å². The van der Waals surface area contributed by atoms with Crippen LogP contribution in [0.4, 0.5) is 5.69 Å². The van der Waals surface area contributed by atoms with Gasteiger partial charge in [0.1, 0.15) is 0 Å². The number of fused-ring (bicyclic) bond motifs is 1. The molecule has 2 N–H and O–H groups in total. The second-order valence-corrected chi connectivity index (χ2v) is 8.10. The van der Waals surface area contributed by atoms with Gasteiger partial charge >= 0.3 is 0 Å². The normalized spacial score (nSPS) is 13.7. The Morgan fingerprint density at radius 2 is 1.87 bits per heavy atom. The van der Waals surface area contributed by atoms with Crippen molar-refractivity contribution < 1.29 is 4.79 Å². The fourth-order valence-corrected chi connectivity index (χ4v) is 4.24. The minimum absolute atomic E-state index is 0.0252. The quantitative estimate of drug-likeness (QED) is 0.543. The molecule has 4 heteroatoms. The van der Waals surface area contributed by atoms with E-state index in [9.17, 15) is 4.79 Å². The molecule has 0 fully saturated rings. The summed E-state index contributed by atoms with van der Waals surface area (Å²) in [6, 6.07) is 15.4. The standard InChI is InChI=1S/C27H33N3O/c1-6-20-16-23(29-24-17-21-10-8-9-11-22(21)18-24)12-14-26(20)19(3)30(5)25(7-2)13-15-27(31)28-4/h6-12,14,16,24-25,29H,1-3,13,15,17-18H2,4-5H3,(H,28,31). The SMILES string of the molecule is C=Cc1cc(NC2Cc3ccccc3C2)ccc1C(=C)N(C)C(C=C)CCC(=O)NC. The molecule has 0 bridgehead atoms. The smallest absolute Gasteiger partial charge is 0.219 e. The lowest BCUT2D eigenvalue weighted by Crippen LogP contribution is -2.30. The zero-order chi connectivity index (χ0) is 22.4. The lowest BCUT2D eigenvalue weighted by molar-refractivity contribution is -0.120. The number of rotatable bonds is 10. The van der Waals surface area contributed by atoms with Crippen molar-refractivity contribution >= 4 is 23.4 Å². The third kappa shape index (κ3) is 5.26. The van der Waals surface area contributed by atoms with Crippen LogP contribution in [0.3, 0.4) is 0 Å². The molecule has 1 aliphatic rings. The largest absolute Gasteiger partial charge is 0.382 e. The Bertz CT molecular complexity index is 953. The summed E-state index contributed by atoms with van der Waals surface area (Å²) in [5.74, 6) is 0.0298. The number of likely N-dealkylation sites (N-methyl/N-ethyl adjacent to an activating group) is 1. The number of anilines is 1. The fraction of sp³-hybridized carbons (Fsp3) is 0.296. The minimum atomic E-state index is 0.0252. The zero-order valence-electron chi connectivity index (χ0n) is 18.7. The molecule has 0 aliphatic heterocycles. The maximum absolute atomic E-state index is 11.6. The number of amides is 1. The molecular weight excluding hydrogens is 382 g/mol. The van der Waals surface area contributed by atoms with Crippen LogP contribution in [0.15, 0.2) is 68.3 Å². The number of benzene rings is 2. The predicted molar refractivity (Wildman–Crippen MR) is 132 cm³/mol. The van der Waals surface area contributed by atoms with Crippen LogP contribution in [0.25, 0.3) is 11.8 Å². The molecule has 1 amide bonds. The summed E-state index contributed by atoms with van der Waals surface area (Å²) in [6.45, 7) is 12.3. The molecule has 31 heavy (non-hydrogen) atoms. The molecule has 2 aromatic carbocycles. The van der Waals surface area contributed by atoms with E-state index in [1.807, 2.05) is 19.2 Å². The Balaban J connectivity index is 1.70. The Labute approximate surface area is 186 Å². The summed E-state index contributed by atoms with van der Waals surface area (Å²) in [5.41, 5.74) is 6.91. The molecule has 0 heterocycles. The summed E-state index contributed by atoms with van der Waals surface area (Å²) < 4.78 is 0. The first-order valence-electron chi connectivity index (χ1n) is 10.8. The van der Waals surface area contributed by atoms with E-state index in [2.05, 4.69) is 77.7 Å². The van der Waals surface area contributed by atoms with Crippen LogP contribution in [-0.2, 0) is 17.6 Å². The Kier molecular flexibility index (Phi) is 7.35. The van der Waals surface area contributed by atoms with Crippen molar-refractivity contribution in [2.75, 3.05) is 19.4 Å². The van der Waals surface area contributed by atoms with Crippen molar-refractivity contribution in [3.05, 3.63) is 90.5 Å². The molecule has 0 aromatic heterocycles. The van der Waals surface area contributed by atoms with Crippen LogP contribution < -0.4 is 10.6 Å². The van der Waals surface area contributed by atoms with Crippen LogP contribution in [0.5, 0.6) is 0 Å². The van der Waals surface area contributed by atoms with Crippen LogP contribution in [0.2, 0.25) is 0 Å². The molecule has 0 saturated carbocycles. The van der Waals surface area contributed by atoms with Gasteiger partial charge in [0.15, 0.2) is 0 Å². The van der Waals surface area contributed by atoms with Gasteiger partial charge in [-0.05, 0) is 48.1 Å². The zero-order valence-corrected chi connectivity index (χ0v) is 18.7. The van der Waals surface area contributed by atoms with E-state index in [0.717, 1.165) is 35.4 Å². The van der Waals surface area contributed by atoms with Gasteiger partial charge in [0.25, 0.3) is 0 Å². The number of hydrogen-bond acceptors (Lipinski definition) is 3. The number of carbonyl (C=O) groups is 1. The van der Waals surface area contributed by atoms with Crippen molar-refractivity contribution in [1.29, 1.82) is 0 Å². The van der Waals surface area contributed by atoms with E-state index < -0.39 is 0 Å². The second kappa shape index (κ2) is 10.2. The summed E-state index contributed by atoms with van der Waals surface area (Å²) in [5, 5.41) is 6.35. The molecule has 1 aliphatic carbocycles. The summed E-state index contributed by atoms with van der Waals surface area (Å²) in [6.07, 6.45) is 6.97. The number of nitrogens with zero attached hydrogens (tertiary/aromatic N) is 1. The highest BCUT2D eigenvalue weighted by Crippen LogP contribution is 2.29. The Morgan fingerprint density at radius 1 is 1.19 bits per heavy atom. The van der Waals surface area contributed by atoms with Crippen molar-refractivity contribution in [1.82, 2.24) is 10.2 Å². The lowest BCUT2D eigenvalue weighted by Gasteiger charge is -2.30. The predicted octanol–water partition coefficient (Wildman–Crippen LogP) is 4.89. The first-order valence-corrected chi connectivity index (χ1v) is 10.8. The second-order valence-electron chi connectivity index (χ2n) is 8.10. The number of hydrogen-bond donors (Lipinski definition) is 2. The van der Waals surface area contributed by atoms with E-state index >= 15 is 0 Å². The van der Waals surface area contributed by atoms with Crippen molar-refractivity contribution in [3.63, 3.8) is 0 Å². The average Bonchev–Trinajstić information content (AvgIpc) is 3.20. The van der Waals surface area contributed by atoms with E-state index in [1.54, 1.807) is 7.05 Å². The molecule has 0 spiro atoms.